The Bertz CT molecular complexity index is 785. The fraction of sp³-hybridized carbons (Fsp3) is 0.600. The molecule has 7 nitrogen and oxygen atoms in total. The van der Waals surface area contributed by atoms with Crippen LogP contribution >= 0.6 is 11.6 Å². The molecule has 28 heavy (non-hydrogen) atoms. The van der Waals surface area contributed by atoms with Crippen LogP contribution in [0.3, 0.4) is 0 Å². The third-order valence-electron chi connectivity index (χ3n) is 6.16. The second-order valence-electron chi connectivity index (χ2n) is 7.91. The first-order valence-corrected chi connectivity index (χ1v) is 10.1. The molecule has 1 aromatic rings. The van der Waals surface area contributed by atoms with Crippen LogP contribution in [0.4, 0.5) is 0 Å². The Morgan fingerprint density at radius 1 is 1.21 bits per heavy atom. The third kappa shape index (κ3) is 3.25. The molecule has 2 unspecified atom stereocenters. The highest BCUT2D eigenvalue weighted by atomic mass is 35.5. The summed E-state index contributed by atoms with van der Waals surface area (Å²) in [6.45, 7) is 5.26. The molecule has 2 atom stereocenters. The van der Waals surface area contributed by atoms with Gasteiger partial charge in [0.1, 0.15) is 11.3 Å². The lowest BCUT2D eigenvalue weighted by atomic mass is 9.86. The van der Waals surface area contributed by atoms with Crippen molar-refractivity contribution in [1.29, 1.82) is 0 Å². The third-order valence-corrected chi connectivity index (χ3v) is 6.47. The lowest BCUT2D eigenvalue weighted by Crippen LogP contribution is -2.56. The van der Waals surface area contributed by atoms with Crippen molar-refractivity contribution in [3.63, 3.8) is 0 Å². The van der Waals surface area contributed by atoms with E-state index in [1.54, 1.807) is 0 Å². The van der Waals surface area contributed by atoms with E-state index in [1.807, 2.05) is 26.0 Å². The van der Waals surface area contributed by atoms with Gasteiger partial charge in [-0.05, 0) is 56.4 Å². The van der Waals surface area contributed by atoms with Crippen LogP contribution in [0, 0.1) is 13.8 Å². The molecule has 3 heterocycles. The largest absolute Gasteiger partial charge is 0.510 e. The molecule has 1 aromatic carbocycles. The number of ether oxygens (including phenoxy) is 1. The van der Waals surface area contributed by atoms with E-state index in [-0.39, 0.29) is 5.76 Å². The second-order valence-corrected chi connectivity index (χ2v) is 8.32. The summed E-state index contributed by atoms with van der Waals surface area (Å²) in [5, 5.41) is 35.5. The van der Waals surface area contributed by atoms with Crippen LogP contribution in [-0.4, -0.2) is 63.3 Å². The van der Waals surface area contributed by atoms with E-state index in [9.17, 15) is 15.4 Å². The number of hydroxylamine groups is 4. The van der Waals surface area contributed by atoms with Crippen LogP contribution in [0.2, 0.25) is 5.02 Å². The van der Waals surface area contributed by atoms with E-state index in [0.717, 1.165) is 24.0 Å². The predicted octanol–water partition coefficient (Wildman–Crippen LogP) is 3.15. The molecule has 154 valence electrons. The maximum atomic E-state index is 11.3. The molecule has 0 aliphatic carbocycles. The first-order valence-electron chi connectivity index (χ1n) is 9.74. The summed E-state index contributed by atoms with van der Waals surface area (Å²) in [6, 6.07) is 3.72. The smallest absolute Gasteiger partial charge is 0.177 e. The van der Waals surface area contributed by atoms with Gasteiger partial charge in [0, 0.05) is 35.7 Å². The van der Waals surface area contributed by atoms with Crippen molar-refractivity contribution < 1.29 is 25.0 Å². The highest BCUT2D eigenvalue weighted by Gasteiger charge is 2.56. The zero-order valence-electron chi connectivity index (χ0n) is 16.2. The van der Waals surface area contributed by atoms with Crippen molar-refractivity contribution in [3.05, 3.63) is 39.6 Å². The van der Waals surface area contributed by atoms with Gasteiger partial charge >= 0.3 is 0 Å². The second kappa shape index (κ2) is 7.57. The lowest BCUT2D eigenvalue weighted by Gasteiger charge is -2.43. The minimum atomic E-state index is -1.19. The molecule has 8 heteroatoms. The fourth-order valence-corrected chi connectivity index (χ4v) is 4.64. The molecule has 0 amide bonds. The van der Waals surface area contributed by atoms with Gasteiger partial charge in [0.2, 0.25) is 0 Å². The van der Waals surface area contributed by atoms with Crippen molar-refractivity contribution in [2.24, 2.45) is 0 Å². The number of aryl methyl sites for hydroxylation is 2. The topological polar surface area (TPSA) is 85.6 Å². The molecule has 3 aliphatic heterocycles. The van der Waals surface area contributed by atoms with Crippen LogP contribution < -0.4 is 0 Å². The van der Waals surface area contributed by atoms with E-state index in [2.05, 4.69) is 0 Å². The molecule has 1 spiro atoms. The summed E-state index contributed by atoms with van der Waals surface area (Å²) in [4.78, 5) is 6.05. The number of nitrogens with zero attached hydrogens (tertiary/aromatic N) is 2. The van der Waals surface area contributed by atoms with Gasteiger partial charge in [-0.1, -0.05) is 11.6 Å². The van der Waals surface area contributed by atoms with E-state index in [1.165, 1.54) is 10.1 Å². The molecule has 0 radical (unpaired) electrons. The Balaban J connectivity index is 1.77. The summed E-state index contributed by atoms with van der Waals surface area (Å²) >= 11 is 6.49. The highest BCUT2D eigenvalue weighted by Crippen LogP contribution is 2.49. The van der Waals surface area contributed by atoms with Crippen LogP contribution in [0.1, 0.15) is 42.4 Å². The van der Waals surface area contributed by atoms with Crippen LogP contribution in [0.5, 0.6) is 0 Å². The van der Waals surface area contributed by atoms with Crippen molar-refractivity contribution in [3.8, 4) is 0 Å². The maximum absolute atomic E-state index is 11.3. The number of aliphatic hydroxyl groups is 2. The minimum absolute atomic E-state index is 0.0521. The van der Waals surface area contributed by atoms with E-state index in [0.29, 0.717) is 48.7 Å². The van der Waals surface area contributed by atoms with Gasteiger partial charge in [-0.2, -0.15) is 5.06 Å². The first kappa shape index (κ1) is 20.1. The number of aliphatic hydroxyl groups excluding tert-OH is 2. The van der Waals surface area contributed by atoms with Crippen molar-refractivity contribution in [1.82, 2.24) is 10.1 Å². The van der Waals surface area contributed by atoms with Gasteiger partial charge in [0.05, 0.1) is 6.61 Å². The number of rotatable bonds is 3. The molecule has 3 aliphatic rings. The van der Waals surface area contributed by atoms with Gasteiger partial charge in [-0.15, -0.1) is 5.06 Å². The zero-order valence-corrected chi connectivity index (χ0v) is 16.9. The van der Waals surface area contributed by atoms with Crippen LogP contribution in [0.25, 0.3) is 5.57 Å². The maximum Gasteiger partial charge on any atom is 0.177 e. The highest BCUT2D eigenvalue weighted by molar-refractivity contribution is 6.32. The number of benzene rings is 1. The Labute approximate surface area is 169 Å². The van der Waals surface area contributed by atoms with E-state index in [4.69, 9.17) is 21.2 Å². The molecule has 0 aromatic heterocycles. The predicted molar refractivity (Wildman–Crippen MR) is 104 cm³/mol. The molecule has 2 fully saturated rings. The molecule has 3 N–H and O–H groups in total. The average molecular weight is 411 g/mol. The summed E-state index contributed by atoms with van der Waals surface area (Å²) in [7, 11) is 0. The van der Waals surface area contributed by atoms with Gasteiger partial charge < -0.3 is 20.2 Å². The van der Waals surface area contributed by atoms with E-state index >= 15 is 0 Å². The fourth-order valence-electron chi connectivity index (χ4n) is 4.32. The Kier molecular flexibility index (Phi) is 5.43. The van der Waals surface area contributed by atoms with Crippen molar-refractivity contribution in [2.75, 3.05) is 19.7 Å². The van der Waals surface area contributed by atoms with Crippen molar-refractivity contribution in [2.45, 2.75) is 57.6 Å². The van der Waals surface area contributed by atoms with Gasteiger partial charge in [-0.3, -0.25) is 4.84 Å². The van der Waals surface area contributed by atoms with Gasteiger partial charge in [0.25, 0.3) is 0 Å². The number of piperidine rings is 1. The SMILES string of the molecule is Cc1cc(Cl)c(C2=C(O)C3(CCN(O)CC3)N(OC3CCCO3)C2O)cc1C. The Morgan fingerprint density at radius 3 is 2.54 bits per heavy atom. The van der Waals surface area contributed by atoms with Crippen LogP contribution in [-0.2, 0) is 9.57 Å². The summed E-state index contributed by atoms with van der Waals surface area (Å²) in [5.74, 6) is 0.0521. The quantitative estimate of drug-likeness (QED) is 0.705. The standard InChI is InChI=1S/C20H27ClN2O5/c1-12-10-14(15(21)11-13(12)2)17-18(24)20(5-7-22(26)8-6-20)23(19(17)25)28-16-4-3-9-27-16/h10-11,16,19,24-26H,3-9H2,1-2H3. The van der Waals surface area contributed by atoms with Gasteiger partial charge in [0.15, 0.2) is 12.5 Å². The van der Waals surface area contributed by atoms with Crippen molar-refractivity contribution >= 4 is 17.2 Å². The summed E-state index contributed by atoms with van der Waals surface area (Å²) in [6.07, 6.45) is 0.790. The molecule has 2 saturated heterocycles. The van der Waals surface area contributed by atoms with Crippen LogP contribution in [0.15, 0.2) is 17.9 Å². The molecule has 0 bridgehead atoms. The zero-order chi connectivity index (χ0) is 20.1. The minimum Gasteiger partial charge on any atom is -0.510 e. The Morgan fingerprint density at radius 2 is 1.89 bits per heavy atom. The Hall–Kier alpha value is -1.19. The molecular weight excluding hydrogens is 384 g/mol. The molecule has 4 rings (SSSR count). The number of hydrogen-bond acceptors (Lipinski definition) is 7. The van der Waals surface area contributed by atoms with E-state index < -0.39 is 18.1 Å². The molecule has 0 saturated carbocycles. The van der Waals surface area contributed by atoms with Gasteiger partial charge in [-0.25, -0.2) is 0 Å². The first-order chi connectivity index (χ1) is 13.3. The normalized spacial score (nSPS) is 28.6. The summed E-state index contributed by atoms with van der Waals surface area (Å²) in [5.41, 5.74) is 2.08. The monoisotopic (exact) mass is 410 g/mol. The number of hydrogen-bond donors (Lipinski definition) is 3. The number of halogens is 1. The summed E-state index contributed by atoms with van der Waals surface area (Å²) < 4.78 is 5.59. The lowest BCUT2D eigenvalue weighted by molar-refractivity contribution is -0.337. The average Bonchev–Trinajstić information content (AvgIpc) is 3.23. The molecular formula is C20H27ClN2O5.